The van der Waals surface area contributed by atoms with Crippen LogP contribution < -0.4 is 28.4 Å². The molecule has 0 atom stereocenters. The lowest BCUT2D eigenvalue weighted by Crippen LogP contribution is -2.12. The summed E-state index contributed by atoms with van der Waals surface area (Å²) >= 11 is 0. The zero-order chi connectivity index (χ0) is 55.3. The Bertz CT molecular complexity index is 2360. The van der Waals surface area contributed by atoms with E-state index < -0.39 is 23.9 Å². The van der Waals surface area contributed by atoms with Gasteiger partial charge in [-0.15, -0.1) is 0 Å². The molecule has 0 heterocycles. The third-order valence-corrected chi connectivity index (χ3v) is 13.7. The van der Waals surface area contributed by atoms with Crippen LogP contribution in [0.5, 0.6) is 34.5 Å². The van der Waals surface area contributed by atoms with Crippen molar-refractivity contribution in [2.24, 2.45) is 0 Å². The number of nitriles is 1. The largest absolute Gasteiger partial charge is 0.494 e. The van der Waals surface area contributed by atoms with Crippen molar-refractivity contribution in [1.29, 1.82) is 5.26 Å². The molecule has 11 heteroatoms. The van der Waals surface area contributed by atoms with E-state index in [1.807, 2.05) is 6.07 Å². The van der Waals surface area contributed by atoms with Gasteiger partial charge in [0.15, 0.2) is 0 Å². The maximum Gasteiger partial charge on any atom is 0.343 e. The molecule has 0 radical (unpaired) electrons. The maximum atomic E-state index is 13.2. The normalized spacial score (nSPS) is 10.9. The number of rotatable bonds is 40. The Hall–Kier alpha value is -6.93. The van der Waals surface area contributed by atoms with Gasteiger partial charge in [-0.05, 0) is 122 Å². The summed E-state index contributed by atoms with van der Waals surface area (Å²) in [5.41, 5.74) is 0.770. The molecule has 418 valence electrons. The number of unbranched alkanes of at least 4 members (excludes halogenated alkanes) is 26. The van der Waals surface area contributed by atoms with E-state index in [0.717, 1.165) is 25.7 Å². The lowest BCUT2D eigenvalue weighted by Gasteiger charge is -2.10. The topological polar surface area (TPSA) is 147 Å². The predicted octanol–water partition coefficient (Wildman–Crippen LogP) is 18.2. The fourth-order valence-electron chi connectivity index (χ4n) is 9.08. The van der Waals surface area contributed by atoms with E-state index >= 15 is 0 Å². The number of esters is 4. The lowest BCUT2D eigenvalue weighted by molar-refractivity contribution is 0.0714. The minimum atomic E-state index is -0.769. The molecule has 0 saturated carbocycles. The number of benzene rings is 5. The standard InChI is InChI=1S/C67H85NO10/c1-3-5-7-9-11-13-15-17-19-21-23-25-27-29-47-73-58-39-43-60(44-40-58)75-64(69)54-31-35-56(36-32-54)66(71)77-62-49-53(52-68)50-63(51-62)78-67(72)57-37-33-55(34-38-57)65(70)76-61-45-41-59(42-46-61)74-48-30-28-26-24-22-20-18-16-14-12-10-8-6-4-2/h31-46,49-51H,3-30,47-48H2,1-2H3. The van der Waals surface area contributed by atoms with Gasteiger partial charge < -0.3 is 28.4 Å². The Morgan fingerprint density at radius 1 is 0.308 bits per heavy atom. The van der Waals surface area contributed by atoms with Gasteiger partial charge in [0.25, 0.3) is 0 Å². The molecule has 0 aliphatic carbocycles. The first-order valence-corrected chi connectivity index (χ1v) is 29.3. The van der Waals surface area contributed by atoms with Gasteiger partial charge in [-0.1, -0.05) is 181 Å². The van der Waals surface area contributed by atoms with Crippen LogP contribution in [0.1, 0.15) is 241 Å². The SMILES string of the molecule is CCCCCCCCCCCCCCCCOc1ccc(OC(=O)c2ccc(C(=O)Oc3cc(C#N)cc(OC(=O)c4ccc(C(=O)Oc5ccc(OCCCCCCCCCCCCCCCC)cc5)cc4)c3)cc2)cc1. The van der Waals surface area contributed by atoms with Gasteiger partial charge in [-0.2, -0.15) is 5.26 Å². The van der Waals surface area contributed by atoms with E-state index in [-0.39, 0.29) is 39.3 Å². The zero-order valence-electron chi connectivity index (χ0n) is 46.7. The highest BCUT2D eigenvalue weighted by Crippen LogP contribution is 2.26. The van der Waals surface area contributed by atoms with E-state index in [2.05, 4.69) is 13.8 Å². The molecule has 5 aromatic carbocycles. The van der Waals surface area contributed by atoms with Crippen LogP contribution in [0.2, 0.25) is 0 Å². The van der Waals surface area contributed by atoms with Crippen LogP contribution in [0.25, 0.3) is 0 Å². The van der Waals surface area contributed by atoms with E-state index in [0.29, 0.717) is 36.2 Å². The zero-order valence-corrected chi connectivity index (χ0v) is 46.7. The third kappa shape index (κ3) is 25.0. The fourth-order valence-corrected chi connectivity index (χ4v) is 9.08. The highest BCUT2D eigenvalue weighted by Gasteiger charge is 2.17. The highest BCUT2D eigenvalue weighted by atomic mass is 16.6. The van der Waals surface area contributed by atoms with E-state index in [4.69, 9.17) is 28.4 Å². The number of carbonyl (C=O) groups is 4. The number of hydrogen-bond acceptors (Lipinski definition) is 11. The minimum absolute atomic E-state index is 0.0416. The second-order valence-electron chi connectivity index (χ2n) is 20.3. The lowest BCUT2D eigenvalue weighted by atomic mass is 10.0. The molecule has 0 unspecified atom stereocenters. The molecule has 5 aromatic rings. The van der Waals surface area contributed by atoms with Crippen molar-refractivity contribution in [2.75, 3.05) is 13.2 Å². The summed E-state index contributed by atoms with van der Waals surface area (Å²) in [6.07, 6.45) is 36.5. The molecule has 0 bridgehead atoms. The van der Waals surface area contributed by atoms with Crippen LogP contribution >= 0.6 is 0 Å². The van der Waals surface area contributed by atoms with Gasteiger partial charge in [0.2, 0.25) is 0 Å². The van der Waals surface area contributed by atoms with Crippen LogP contribution in [0.3, 0.4) is 0 Å². The monoisotopic (exact) mass is 1060 g/mol. The van der Waals surface area contributed by atoms with E-state index in [9.17, 15) is 24.4 Å². The Balaban J connectivity index is 0.957. The number of nitrogens with zero attached hydrogens (tertiary/aromatic N) is 1. The van der Waals surface area contributed by atoms with Crippen molar-refractivity contribution in [3.8, 4) is 40.6 Å². The molecule has 5 rings (SSSR count). The van der Waals surface area contributed by atoms with Gasteiger partial charge in [0.1, 0.15) is 34.5 Å². The van der Waals surface area contributed by atoms with E-state index in [1.54, 1.807) is 48.5 Å². The Kier molecular flexibility index (Phi) is 30.0. The number of ether oxygens (including phenoxy) is 6. The summed E-state index contributed by atoms with van der Waals surface area (Å²) in [7, 11) is 0. The molecule has 0 aliphatic heterocycles. The Morgan fingerprint density at radius 3 is 0.795 bits per heavy atom. The van der Waals surface area contributed by atoms with Crippen molar-refractivity contribution < 1.29 is 47.6 Å². The molecule has 0 spiro atoms. The van der Waals surface area contributed by atoms with E-state index in [1.165, 1.54) is 221 Å². The highest BCUT2D eigenvalue weighted by molar-refractivity contribution is 5.96. The first kappa shape index (κ1) is 61.9. The van der Waals surface area contributed by atoms with Crippen LogP contribution in [0.15, 0.2) is 115 Å². The summed E-state index contributed by atoms with van der Waals surface area (Å²) in [6.45, 7) is 5.79. The van der Waals surface area contributed by atoms with Crippen LogP contribution in [0, 0.1) is 11.3 Å². The van der Waals surface area contributed by atoms with Crippen LogP contribution in [-0.2, 0) is 0 Å². The van der Waals surface area contributed by atoms with Crippen molar-refractivity contribution in [2.45, 2.75) is 194 Å². The van der Waals surface area contributed by atoms with Crippen molar-refractivity contribution >= 4 is 23.9 Å². The van der Waals surface area contributed by atoms with Crippen LogP contribution in [0.4, 0.5) is 0 Å². The maximum absolute atomic E-state index is 13.2. The van der Waals surface area contributed by atoms with Gasteiger partial charge >= 0.3 is 23.9 Å². The average molecular weight is 1060 g/mol. The summed E-state index contributed by atoms with van der Waals surface area (Å²) in [5, 5.41) is 9.69. The Labute approximate surface area is 465 Å². The first-order chi connectivity index (χ1) is 38.2. The fraction of sp³-hybridized carbons (Fsp3) is 0.478. The van der Waals surface area contributed by atoms with Crippen molar-refractivity contribution in [3.05, 3.63) is 143 Å². The van der Waals surface area contributed by atoms with Gasteiger partial charge in [-0.3, -0.25) is 0 Å². The average Bonchev–Trinajstić information content (AvgIpc) is 3.46. The van der Waals surface area contributed by atoms with Gasteiger partial charge in [0, 0.05) is 6.07 Å². The first-order valence-electron chi connectivity index (χ1n) is 29.3. The summed E-state index contributed by atoms with van der Waals surface area (Å²) in [5.74, 6) is -0.715. The molecular weight excluding hydrogens is 979 g/mol. The second-order valence-corrected chi connectivity index (χ2v) is 20.3. The number of hydrogen-bond donors (Lipinski definition) is 0. The van der Waals surface area contributed by atoms with Crippen LogP contribution in [-0.4, -0.2) is 37.1 Å². The second kappa shape index (κ2) is 37.8. The van der Waals surface area contributed by atoms with Crippen molar-refractivity contribution in [1.82, 2.24) is 0 Å². The molecular formula is C67H85NO10. The molecule has 11 nitrogen and oxygen atoms in total. The molecule has 0 aliphatic rings. The minimum Gasteiger partial charge on any atom is -0.494 e. The summed E-state index contributed by atoms with van der Waals surface area (Å²) in [6, 6.07) is 31.3. The smallest absolute Gasteiger partial charge is 0.343 e. The molecule has 0 amide bonds. The number of carbonyl (C=O) groups excluding carboxylic acids is 4. The molecule has 0 N–H and O–H groups in total. The predicted molar refractivity (Wildman–Crippen MR) is 308 cm³/mol. The molecule has 0 fully saturated rings. The summed E-state index contributed by atoms with van der Waals surface area (Å²) in [4.78, 5) is 52.2. The van der Waals surface area contributed by atoms with Crippen molar-refractivity contribution in [3.63, 3.8) is 0 Å². The third-order valence-electron chi connectivity index (χ3n) is 13.7. The van der Waals surface area contributed by atoms with Gasteiger partial charge in [-0.25, -0.2) is 19.2 Å². The molecule has 78 heavy (non-hydrogen) atoms. The van der Waals surface area contributed by atoms with Gasteiger partial charge in [0.05, 0.1) is 47.1 Å². The molecule has 0 aromatic heterocycles. The summed E-state index contributed by atoms with van der Waals surface area (Å²) < 4.78 is 34.0. The Morgan fingerprint density at radius 2 is 0.538 bits per heavy atom. The quantitative estimate of drug-likeness (QED) is 0.0210. The molecule has 0 saturated heterocycles.